The lowest BCUT2D eigenvalue weighted by Gasteiger charge is -2.22. The molecule has 4 nitrogen and oxygen atoms in total. The smallest absolute Gasteiger partial charge is 0.265 e. The van der Waals surface area contributed by atoms with Crippen molar-refractivity contribution in [3.8, 4) is 9.88 Å². The number of nitrogens with zero attached hydrogens (tertiary/aromatic N) is 2. The van der Waals surface area contributed by atoms with Gasteiger partial charge in [-0.2, -0.15) is 0 Å². The van der Waals surface area contributed by atoms with Crippen molar-refractivity contribution < 1.29 is 8.42 Å². The molecule has 0 radical (unpaired) electrons. The van der Waals surface area contributed by atoms with Crippen LogP contribution in [0.5, 0.6) is 0 Å². The molecule has 0 aliphatic carbocycles. The molecule has 0 amide bonds. The second-order valence-corrected chi connectivity index (χ2v) is 10.5. The van der Waals surface area contributed by atoms with Crippen LogP contribution in [0.1, 0.15) is 27.9 Å². The molecule has 26 heavy (non-hydrogen) atoms. The van der Waals surface area contributed by atoms with Gasteiger partial charge in [0.2, 0.25) is 0 Å². The van der Waals surface area contributed by atoms with E-state index in [2.05, 4.69) is 4.98 Å². The van der Waals surface area contributed by atoms with Gasteiger partial charge < -0.3 is 0 Å². The molecule has 0 N–H and O–H groups in total. The van der Waals surface area contributed by atoms with Crippen LogP contribution in [-0.2, 0) is 16.4 Å². The van der Waals surface area contributed by atoms with Crippen LogP contribution in [0.25, 0.3) is 9.88 Å². The fourth-order valence-electron chi connectivity index (χ4n) is 2.80. The number of anilines is 1. The molecule has 0 fully saturated rings. The maximum atomic E-state index is 13.3. The first-order chi connectivity index (χ1) is 12.3. The topological polar surface area (TPSA) is 50.3 Å². The molecule has 0 unspecified atom stereocenters. The largest absolute Gasteiger partial charge is 0.269 e. The zero-order valence-electron chi connectivity index (χ0n) is 15.5. The first-order valence-corrected chi connectivity index (χ1v) is 11.4. The normalized spacial score (nSPS) is 11.7. The average molecular weight is 407 g/mol. The first-order valence-electron chi connectivity index (χ1n) is 8.37. The van der Waals surface area contributed by atoms with E-state index in [4.69, 9.17) is 0 Å². The van der Waals surface area contributed by atoms with Gasteiger partial charge in [0, 0.05) is 16.8 Å². The van der Waals surface area contributed by atoms with E-state index < -0.39 is 10.0 Å². The Balaban J connectivity index is 2.05. The number of thiazole rings is 1. The Morgan fingerprint density at radius 1 is 1.08 bits per heavy atom. The van der Waals surface area contributed by atoms with Gasteiger partial charge in [-0.25, -0.2) is 13.4 Å². The molecule has 1 aromatic carbocycles. The second-order valence-electron chi connectivity index (χ2n) is 6.15. The van der Waals surface area contributed by atoms with E-state index >= 15 is 0 Å². The predicted octanol–water partition coefficient (Wildman–Crippen LogP) is 5.18. The Morgan fingerprint density at radius 2 is 1.77 bits per heavy atom. The van der Waals surface area contributed by atoms with Gasteiger partial charge in [-0.3, -0.25) is 4.31 Å². The molecule has 3 rings (SSSR count). The SMILES string of the molecule is CCc1ccccc1N(C)S(=O)(=O)c1cc(-c2nc(C)c(C)s2)sc1C. The van der Waals surface area contributed by atoms with Gasteiger partial charge in [0.25, 0.3) is 10.0 Å². The quantitative estimate of drug-likeness (QED) is 0.586. The van der Waals surface area contributed by atoms with Crippen LogP contribution in [0.4, 0.5) is 5.69 Å². The average Bonchev–Trinajstić information content (AvgIpc) is 3.17. The predicted molar refractivity (Wildman–Crippen MR) is 111 cm³/mol. The molecule has 0 saturated carbocycles. The molecule has 2 aromatic heterocycles. The molecule has 0 atom stereocenters. The van der Waals surface area contributed by atoms with Crippen molar-refractivity contribution in [3.63, 3.8) is 0 Å². The maximum Gasteiger partial charge on any atom is 0.265 e. The minimum absolute atomic E-state index is 0.358. The van der Waals surface area contributed by atoms with E-state index in [1.807, 2.05) is 52.0 Å². The number of rotatable bonds is 5. The summed E-state index contributed by atoms with van der Waals surface area (Å²) >= 11 is 3.08. The zero-order chi connectivity index (χ0) is 19.1. The van der Waals surface area contributed by atoms with Crippen LogP contribution in [0.2, 0.25) is 0 Å². The van der Waals surface area contributed by atoms with Crippen LogP contribution in [0.15, 0.2) is 35.2 Å². The van der Waals surface area contributed by atoms with Gasteiger partial charge in [-0.05, 0) is 44.9 Å². The Hall–Kier alpha value is -1.70. The third kappa shape index (κ3) is 3.31. The maximum absolute atomic E-state index is 13.3. The molecule has 0 aliphatic heterocycles. The number of hydrogen-bond donors (Lipinski definition) is 0. The van der Waals surface area contributed by atoms with E-state index in [-0.39, 0.29) is 0 Å². The van der Waals surface area contributed by atoms with Crippen LogP contribution in [-0.4, -0.2) is 20.4 Å². The molecule has 7 heteroatoms. The summed E-state index contributed by atoms with van der Waals surface area (Å²) in [4.78, 5) is 7.77. The lowest BCUT2D eigenvalue weighted by atomic mass is 10.1. The Labute approximate surface area is 163 Å². The molecule has 3 aromatic rings. The minimum Gasteiger partial charge on any atom is -0.269 e. The van der Waals surface area contributed by atoms with Crippen molar-refractivity contribution in [2.75, 3.05) is 11.4 Å². The van der Waals surface area contributed by atoms with E-state index in [0.717, 1.165) is 43.0 Å². The molecule has 0 bridgehead atoms. The van der Waals surface area contributed by atoms with Gasteiger partial charge in [-0.1, -0.05) is 25.1 Å². The third-order valence-electron chi connectivity index (χ3n) is 4.46. The highest BCUT2D eigenvalue weighted by atomic mass is 32.2. The van der Waals surface area contributed by atoms with Gasteiger partial charge in [0.1, 0.15) is 9.90 Å². The third-order valence-corrected chi connectivity index (χ3v) is 8.78. The van der Waals surface area contributed by atoms with E-state index in [1.54, 1.807) is 24.5 Å². The van der Waals surface area contributed by atoms with Gasteiger partial charge in [0.15, 0.2) is 0 Å². The summed E-state index contributed by atoms with van der Waals surface area (Å²) in [5.41, 5.74) is 2.73. The lowest BCUT2D eigenvalue weighted by Crippen LogP contribution is -2.27. The highest BCUT2D eigenvalue weighted by molar-refractivity contribution is 7.93. The summed E-state index contributed by atoms with van der Waals surface area (Å²) in [6.45, 7) is 7.89. The molecule has 2 heterocycles. The molecule has 0 spiro atoms. The Kier molecular flexibility index (Phi) is 5.23. The first kappa shape index (κ1) is 19.1. The number of aromatic nitrogens is 1. The lowest BCUT2D eigenvalue weighted by molar-refractivity contribution is 0.594. The summed E-state index contributed by atoms with van der Waals surface area (Å²) in [5.74, 6) is 0. The molecule has 0 aliphatic rings. The highest BCUT2D eigenvalue weighted by Gasteiger charge is 2.27. The Bertz CT molecular complexity index is 1030. The van der Waals surface area contributed by atoms with Crippen molar-refractivity contribution in [1.29, 1.82) is 0 Å². The van der Waals surface area contributed by atoms with Crippen LogP contribution in [0, 0.1) is 20.8 Å². The van der Waals surface area contributed by atoms with Gasteiger partial charge >= 0.3 is 0 Å². The number of thiophene rings is 1. The van der Waals surface area contributed by atoms with Crippen molar-refractivity contribution in [2.45, 2.75) is 39.0 Å². The summed E-state index contributed by atoms with van der Waals surface area (Å²) in [6.07, 6.45) is 0.779. The summed E-state index contributed by atoms with van der Waals surface area (Å²) in [6, 6.07) is 9.39. The number of hydrogen-bond acceptors (Lipinski definition) is 5. The number of aryl methyl sites for hydroxylation is 4. The van der Waals surface area contributed by atoms with Crippen LogP contribution >= 0.6 is 22.7 Å². The number of sulfonamides is 1. The summed E-state index contributed by atoms with van der Waals surface area (Å²) in [5, 5.41) is 0.881. The van der Waals surface area contributed by atoms with Crippen molar-refractivity contribution in [2.24, 2.45) is 0 Å². The standard InChI is InChI=1S/C19H22N2O2S3/c1-6-15-9-7-8-10-16(15)21(5)26(22,23)18-11-17(24-14(18)4)19-20-12(2)13(3)25-19/h7-11H,6H2,1-5H3. The van der Waals surface area contributed by atoms with Crippen molar-refractivity contribution in [3.05, 3.63) is 51.3 Å². The fourth-order valence-corrected chi connectivity index (χ4v) is 6.55. The van der Waals surface area contributed by atoms with Crippen molar-refractivity contribution in [1.82, 2.24) is 4.98 Å². The van der Waals surface area contributed by atoms with E-state index in [1.165, 1.54) is 15.6 Å². The molecular weight excluding hydrogens is 384 g/mol. The fraction of sp³-hybridized carbons (Fsp3) is 0.316. The summed E-state index contributed by atoms with van der Waals surface area (Å²) in [7, 11) is -2.00. The second kappa shape index (κ2) is 7.13. The number of benzene rings is 1. The van der Waals surface area contributed by atoms with Crippen molar-refractivity contribution >= 4 is 38.4 Å². The Morgan fingerprint density at radius 3 is 2.38 bits per heavy atom. The molecule has 138 valence electrons. The molecule has 0 saturated heterocycles. The van der Waals surface area contributed by atoms with Gasteiger partial charge in [-0.15, -0.1) is 22.7 Å². The molecular formula is C19H22N2O2S3. The van der Waals surface area contributed by atoms with E-state index in [9.17, 15) is 8.42 Å². The van der Waals surface area contributed by atoms with Gasteiger partial charge in [0.05, 0.1) is 16.3 Å². The highest BCUT2D eigenvalue weighted by Crippen LogP contribution is 2.38. The van der Waals surface area contributed by atoms with E-state index in [0.29, 0.717) is 4.90 Å². The monoisotopic (exact) mass is 406 g/mol. The zero-order valence-corrected chi connectivity index (χ0v) is 18.0. The summed E-state index contributed by atoms with van der Waals surface area (Å²) < 4.78 is 27.9. The van der Waals surface area contributed by atoms with Crippen LogP contribution < -0.4 is 4.31 Å². The number of para-hydroxylation sites is 1. The minimum atomic E-state index is -3.63. The van der Waals surface area contributed by atoms with Crippen LogP contribution in [0.3, 0.4) is 0 Å².